The first-order valence-corrected chi connectivity index (χ1v) is 9.43. The van der Waals surface area contributed by atoms with Gasteiger partial charge in [0.05, 0.1) is 18.4 Å². The molecule has 3 aromatic heterocycles. The van der Waals surface area contributed by atoms with Gasteiger partial charge in [-0.05, 0) is 30.2 Å². The predicted octanol–water partition coefficient (Wildman–Crippen LogP) is 2.83. The zero-order chi connectivity index (χ0) is 19.5. The first kappa shape index (κ1) is 18.1. The minimum Gasteiger partial charge on any atom is -0.494 e. The number of amides is 1. The summed E-state index contributed by atoms with van der Waals surface area (Å²) in [6.07, 6.45) is 6.38. The molecule has 8 nitrogen and oxygen atoms in total. The molecule has 1 aromatic carbocycles. The Hall–Kier alpha value is -3.33. The molecule has 0 spiro atoms. The van der Waals surface area contributed by atoms with Gasteiger partial charge in [0.1, 0.15) is 30.5 Å². The smallest absolute Gasteiger partial charge is 0.250 e. The van der Waals surface area contributed by atoms with Gasteiger partial charge in [-0.2, -0.15) is 5.10 Å². The van der Waals surface area contributed by atoms with Gasteiger partial charge in [0.25, 0.3) is 5.91 Å². The zero-order valence-electron chi connectivity index (χ0n) is 15.4. The summed E-state index contributed by atoms with van der Waals surface area (Å²) in [6, 6.07) is 7.67. The SMILES string of the molecule is COc1ccc(C)c2sc(N(Cc3cccnc3)C(=O)Cn3cncn3)nc12. The van der Waals surface area contributed by atoms with Crippen molar-refractivity contribution in [1.29, 1.82) is 0 Å². The largest absolute Gasteiger partial charge is 0.494 e. The lowest BCUT2D eigenvalue weighted by Crippen LogP contribution is -2.33. The molecule has 4 rings (SSSR count). The van der Waals surface area contributed by atoms with Crippen LogP contribution in [0.3, 0.4) is 0 Å². The number of thiazole rings is 1. The number of anilines is 1. The average molecular weight is 394 g/mol. The Morgan fingerprint density at radius 3 is 2.89 bits per heavy atom. The van der Waals surface area contributed by atoms with Crippen LogP contribution in [0.1, 0.15) is 11.1 Å². The summed E-state index contributed by atoms with van der Waals surface area (Å²) in [5, 5.41) is 4.64. The molecule has 1 amide bonds. The van der Waals surface area contributed by atoms with Crippen molar-refractivity contribution in [2.75, 3.05) is 12.0 Å². The monoisotopic (exact) mass is 394 g/mol. The summed E-state index contributed by atoms with van der Waals surface area (Å²) in [4.78, 5) is 27.5. The third kappa shape index (κ3) is 3.56. The summed E-state index contributed by atoms with van der Waals surface area (Å²) < 4.78 is 7.94. The summed E-state index contributed by atoms with van der Waals surface area (Å²) in [6.45, 7) is 2.46. The highest BCUT2D eigenvalue weighted by Crippen LogP contribution is 2.36. The molecular weight excluding hydrogens is 376 g/mol. The van der Waals surface area contributed by atoms with E-state index in [2.05, 4.69) is 15.1 Å². The van der Waals surface area contributed by atoms with Gasteiger partial charge in [-0.25, -0.2) is 14.6 Å². The molecule has 0 fully saturated rings. The van der Waals surface area contributed by atoms with Crippen molar-refractivity contribution in [3.8, 4) is 5.75 Å². The second-order valence-corrected chi connectivity index (χ2v) is 7.17. The number of hydrogen-bond donors (Lipinski definition) is 0. The van der Waals surface area contributed by atoms with Crippen molar-refractivity contribution >= 4 is 32.6 Å². The van der Waals surface area contributed by atoms with Crippen molar-refractivity contribution in [3.63, 3.8) is 0 Å². The first-order valence-electron chi connectivity index (χ1n) is 8.61. The third-order valence-corrected chi connectivity index (χ3v) is 5.49. The van der Waals surface area contributed by atoms with Gasteiger partial charge in [-0.1, -0.05) is 23.5 Å². The Morgan fingerprint density at radius 2 is 2.18 bits per heavy atom. The first-order chi connectivity index (χ1) is 13.7. The van der Waals surface area contributed by atoms with Gasteiger partial charge in [0, 0.05) is 12.4 Å². The van der Waals surface area contributed by atoms with Crippen molar-refractivity contribution in [3.05, 3.63) is 60.4 Å². The Balaban J connectivity index is 1.75. The van der Waals surface area contributed by atoms with Crippen molar-refractivity contribution in [2.45, 2.75) is 20.0 Å². The fourth-order valence-corrected chi connectivity index (χ4v) is 3.92. The maximum atomic E-state index is 13.1. The van der Waals surface area contributed by atoms with Crippen LogP contribution < -0.4 is 9.64 Å². The number of rotatable bonds is 6. The van der Waals surface area contributed by atoms with Crippen LogP contribution in [0.2, 0.25) is 0 Å². The van der Waals surface area contributed by atoms with Crippen LogP contribution in [0.25, 0.3) is 10.2 Å². The molecule has 28 heavy (non-hydrogen) atoms. The van der Waals surface area contributed by atoms with Gasteiger partial charge in [0.2, 0.25) is 0 Å². The minimum atomic E-state index is -0.134. The lowest BCUT2D eigenvalue weighted by Gasteiger charge is -2.19. The van der Waals surface area contributed by atoms with E-state index in [1.807, 2.05) is 31.2 Å². The van der Waals surface area contributed by atoms with Crippen molar-refractivity contribution in [2.24, 2.45) is 0 Å². The van der Waals surface area contributed by atoms with Crippen molar-refractivity contribution in [1.82, 2.24) is 24.7 Å². The van der Waals surface area contributed by atoms with Crippen molar-refractivity contribution < 1.29 is 9.53 Å². The lowest BCUT2D eigenvalue weighted by molar-refractivity contribution is -0.119. The number of pyridine rings is 1. The molecule has 0 radical (unpaired) electrons. The standard InChI is InChI=1S/C19H18N6O2S/c1-13-5-6-15(27-2)17-18(13)28-19(23-17)25(9-14-4-3-7-20-8-14)16(26)10-24-12-21-11-22-24/h3-8,11-12H,9-10H2,1-2H3. The number of methoxy groups -OCH3 is 1. The van der Waals surface area contributed by atoms with Crippen LogP contribution in [-0.4, -0.2) is 37.7 Å². The Bertz CT molecular complexity index is 1090. The average Bonchev–Trinajstić information content (AvgIpc) is 3.37. The van der Waals surface area contributed by atoms with Gasteiger partial charge in [-0.3, -0.25) is 14.7 Å². The van der Waals surface area contributed by atoms with Gasteiger partial charge in [0.15, 0.2) is 5.13 Å². The number of aryl methyl sites for hydroxylation is 1. The summed E-state index contributed by atoms with van der Waals surface area (Å²) in [7, 11) is 1.62. The van der Waals surface area contributed by atoms with Crippen LogP contribution in [0, 0.1) is 6.92 Å². The Kier molecular flexibility index (Phi) is 4.98. The van der Waals surface area contributed by atoms with E-state index in [4.69, 9.17) is 9.72 Å². The lowest BCUT2D eigenvalue weighted by atomic mass is 10.2. The summed E-state index contributed by atoms with van der Waals surface area (Å²) >= 11 is 1.47. The summed E-state index contributed by atoms with van der Waals surface area (Å²) in [5.74, 6) is 0.554. The number of carbonyl (C=O) groups is 1. The van der Waals surface area contributed by atoms with E-state index in [9.17, 15) is 4.79 Å². The van der Waals surface area contributed by atoms with E-state index in [-0.39, 0.29) is 12.5 Å². The zero-order valence-corrected chi connectivity index (χ0v) is 16.3. The fourth-order valence-electron chi connectivity index (χ4n) is 2.85. The number of aromatic nitrogens is 5. The quantitative estimate of drug-likeness (QED) is 0.500. The topological polar surface area (TPSA) is 86.0 Å². The fraction of sp³-hybridized carbons (Fsp3) is 0.211. The highest BCUT2D eigenvalue weighted by atomic mass is 32.1. The van der Waals surface area contributed by atoms with Crippen LogP contribution in [-0.2, 0) is 17.9 Å². The van der Waals surface area contributed by atoms with Crippen LogP contribution in [0.5, 0.6) is 5.75 Å². The predicted molar refractivity (Wildman–Crippen MR) is 106 cm³/mol. The Morgan fingerprint density at radius 1 is 1.29 bits per heavy atom. The maximum absolute atomic E-state index is 13.1. The molecule has 0 aliphatic rings. The second-order valence-electron chi connectivity index (χ2n) is 6.19. The third-order valence-electron chi connectivity index (χ3n) is 4.27. The molecule has 3 heterocycles. The Labute approximate surface area is 165 Å². The molecule has 9 heteroatoms. The van der Waals surface area contributed by atoms with Crippen LogP contribution >= 0.6 is 11.3 Å². The summed E-state index contributed by atoms with van der Waals surface area (Å²) in [5.41, 5.74) is 2.76. The van der Waals surface area contributed by atoms with Crippen LogP contribution in [0.15, 0.2) is 49.3 Å². The molecule has 0 saturated carbocycles. The molecule has 0 atom stereocenters. The molecule has 0 saturated heterocycles. The highest BCUT2D eigenvalue weighted by molar-refractivity contribution is 7.22. The molecule has 0 aliphatic carbocycles. The van der Waals surface area contributed by atoms with E-state index in [0.717, 1.165) is 21.3 Å². The molecule has 4 aromatic rings. The van der Waals surface area contributed by atoms with Gasteiger partial charge < -0.3 is 4.74 Å². The number of fused-ring (bicyclic) bond motifs is 1. The van der Waals surface area contributed by atoms with Crippen LogP contribution in [0.4, 0.5) is 5.13 Å². The molecule has 0 unspecified atom stereocenters. The normalized spacial score (nSPS) is 10.9. The molecule has 142 valence electrons. The highest BCUT2D eigenvalue weighted by Gasteiger charge is 2.22. The van der Waals surface area contributed by atoms with E-state index in [1.165, 1.54) is 28.7 Å². The van der Waals surface area contributed by atoms with E-state index in [1.54, 1.807) is 24.4 Å². The second kappa shape index (κ2) is 7.73. The maximum Gasteiger partial charge on any atom is 0.250 e. The minimum absolute atomic E-state index is 0.0757. The number of nitrogens with zero attached hydrogens (tertiary/aromatic N) is 6. The number of hydrogen-bond acceptors (Lipinski definition) is 7. The molecule has 0 N–H and O–H groups in total. The van der Waals surface area contributed by atoms with E-state index in [0.29, 0.717) is 17.4 Å². The van der Waals surface area contributed by atoms with E-state index < -0.39 is 0 Å². The van der Waals surface area contributed by atoms with Gasteiger partial charge in [-0.15, -0.1) is 0 Å². The molecule has 0 aliphatic heterocycles. The van der Waals surface area contributed by atoms with Gasteiger partial charge >= 0.3 is 0 Å². The van der Waals surface area contributed by atoms with E-state index >= 15 is 0 Å². The number of ether oxygens (including phenoxy) is 1. The molecule has 0 bridgehead atoms. The number of carbonyl (C=O) groups excluding carboxylic acids is 1. The number of benzene rings is 1. The molecular formula is C19H18N6O2S.